The van der Waals surface area contributed by atoms with Gasteiger partial charge in [-0.05, 0) is 24.8 Å². The number of nitro groups is 1. The molecule has 7 heteroatoms. The highest BCUT2D eigenvalue weighted by Crippen LogP contribution is 2.35. The fraction of sp³-hybridized carbons (Fsp3) is 0.462. The first-order valence-electron chi connectivity index (χ1n) is 6.30. The van der Waals surface area contributed by atoms with Gasteiger partial charge >= 0.3 is 11.7 Å². The van der Waals surface area contributed by atoms with Crippen molar-refractivity contribution < 1.29 is 19.6 Å². The van der Waals surface area contributed by atoms with E-state index in [4.69, 9.17) is 9.84 Å². The number of methoxy groups -OCH3 is 1. The minimum Gasteiger partial charge on any atom is -0.490 e. The van der Waals surface area contributed by atoms with Crippen molar-refractivity contribution >= 4 is 17.3 Å². The van der Waals surface area contributed by atoms with Crippen LogP contribution in [0.3, 0.4) is 0 Å². The van der Waals surface area contributed by atoms with Gasteiger partial charge in [0.25, 0.3) is 0 Å². The Kier molecular flexibility index (Phi) is 4.07. The zero-order valence-corrected chi connectivity index (χ0v) is 11.1. The maximum absolute atomic E-state index is 10.9. The van der Waals surface area contributed by atoms with Gasteiger partial charge in [-0.3, -0.25) is 14.9 Å². The number of carbonyl (C=O) groups is 1. The van der Waals surface area contributed by atoms with Crippen molar-refractivity contribution in [2.75, 3.05) is 25.1 Å². The number of ether oxygens (including phenoxy) is 1. The predicted molar refractivity (Wildman–Crippen MR) is 72.2 cm³/mol. The Balaban J connectivity index is 2.27. The highest BCUT2D eigenvalue weighted by molar-refractivity contribution is 5.74. The highest BCUT2D eigenvalue weighted by atomic mass is 16.6. The fourth-order valence-electron chi connectivity index (χ4n) is 2.05. The lowest BCUT2D eigenvalue weighted by atomic mass is 10.2. The van der Waals surface area contributed by atoms with Crippen LogP contribution in [0.15, 0.2) is 18.2 Å². The quantitative estimate of drug-likeness (QED) is 0.605. The summed E-state index contributed by atoms with van der Waals surface area (Å²) in [5.41, 5.74) is 0.500. The zero-order valence-electron chi connectivity index (χ0n) is 11.1. The maximum atomic E-state index is 10.9. The average Bonchev–Trinajstić information content (AvgIpc) is 3.20. The summed E-state index contributed by atoms with van der Waals surface area (Å²) in [6.07, 6.45) is 2.19. The number of nitro benzene ring substituents is 1. The molecule has 0 heterocycles. The molecule has 0 saturated heterocycles. The number of benzene rings is 1. The van der Waals surface area contributed by atoms with E-state index in [1.807, 2.05) is 0 Å². The van der Waals surface area contributed by atoms with Gasteiger partial charge in [0.2, 0.25) is 0 Å². The van der Waals surface area contributed by atoms with Gasteiger partial charge in [0, 0.05) is 24.4 Å². The molecule has 7 nitrogen and oxygen atoms in total. The number of hydrogen-bond acceptors (Lipinski definition) is 5. The lowest BCUT2D eigenvalue weighted by molar-refractivity contribution is -0.385. The van der Waals surface area contributed by atoms with E-state index >= 15 is 0 Å². The van der Waals surface area contributed by atoms with Crippen molar-refractivity contribution in [1.82, 2.24) is 0 Å². The van der Waals surface area contributed by atoms with E-state index in [9.17, 15) is 14.9 Å². The van der Waals surface area contributed by atoms with Crippen LogP contribution in [0.1, 0.15) is 12.8 Å². The summed E-state index contributed by atoms with van der Waals surface area (Å²) < 4.78 is 5.01. The number of aliphatic carboxylic acids is 1. The lowest BCUT2D eigenvalue weighted by Crippen LogP contribution is -2.31. The minimum absolute atomic E-state index is 0.127. The summed E-state index contributed by atoms with van der Waals surface area (Å²) in [4.78, 5) is 23.0. The van der Waals surface area contributed by atoms with E-state index in [0.717, 1.165) is 12.8 Å². The monoisotopic (exact) mass is 280 g/mol. The fourth-order valence-corrected chi connectivity index (χ4v) is 2.05. The molecule has 1 N–H and O–H groups in total. The van der Waals surface area contributed by atoms with Crippen molar-refractivity contribution in [1.29, 1.82) is 0 Å². The number of carboxylic acids is 1. The maximum Gasteiger partial charge on any atom is 0.323 e. The lowest BCUT2D eigenvalue weighted by Gasteiger charge is -2.23. The van der Waals surface area contributed by atoms with Gasteiger partial charge in [-0.15, -0.1) is 0 Å². The van der Waals surface area contributed by atoms with E-state index in [0.29, 0.717) is 18.2 Å². The standard InChI is InChI=1S/C13H16N2O5/c1-20-12-6-10(4-5-11(12)15(18)19)14(8-13(16)17)7-9-2-3-9/h4-6,9H,2-3,7-8H2,1H3,(H,16,17). The van der Waals surface area contributed by atoms with E-state index in [1.165, 1.54) is 19.2 Å². The predicted octanol–water partition coefficient (Wildman–Crippen LogP) is 1.90. The molecule has 0 spiro atoms. The van der Waals surface area contributed by atoms with Crippen molar-refractivity contribution in [3.63, 3.8) is 0 Å². The molecule has 0 aromatic heterocycles. The van der Waals surface area contributed by atoms with E-state index in [-0.39, 0.29) is 18.0 Å². The topological polar surface area (TPSA) is 92.9 Å². The van der Waals surface area contributed by atoms with Gasteiger partial charge in [0.05, 0.1) is 12.0 Å². The molecule has 1 fully saturated rings. The molecule has 0 aliphatic heterocycles. The highest BCUT2D eigenvalue weighted by Gasteiger charge is 2.26. The Morgan fingerprint density at radius 2 is 2.25 bits per heavy atom. The second-order valence-electron chi connectivity index (χ2n) is 4.83. The third kappa shape index (κ3) is 3.37. The van der Waals surface area contributed by atoms with Gasteiger partial charge < -0.3 is 14.7 Å². The molecular formula is C13H16N2O5. The van der Waals surface area contributed by atoms with Gasteiger partial charge in [-0.2, -0.15) is 0 Å². The number of carboxylic acid groups (broad SMARTS) is 1. The summed E-state index contributed by atoms with van der Waals surface area (Å²) in [6.45, 7) is 0.519. The Hall–Kier alpha value is -2.31. The third-order valence-electron chi connectivity index (χ3n) is 3.23. The van der Waals surface area contributed by atoms with E-state index in [1.54, 1.807) is 11.0 Å². The number of hydrogen-bond donors (Lipinski definition) is 1. The molecule has 0 unspecified atom stereocenters. The van der Waals surface area contributed by atoms with Gasteiger partial charge in [0.15, 0.2) is 5.75 Å². The SMILES string of the molecule is COc1cc(N(CC(=O)O)CC2CC2)ccc1[N+](=O)[O-]. The first kappa shape index (κ1) is 14.1. The summed E-state index contributed by atoms with van der Waals surface area (Å²) in [7, 11) is 1.36. The largest absolute Gasteiger partial charge is 0.490 e. The molecule has 1 aromatic carbocycles. The van der Waals surface area contributed by atoms with Gasteiger partial charge in [-0.25, -0.2) is 0 Å². The summed E-state index contributed by atoms with van der Waals surface area (Å²) in [6, 6.07) is 4.42. The smallest absolute Gasteiger partial charge is 0.323 e. The first-order valence-corrected chi connectivity index (χ1v) is 6.30. The Morgan fingerprint density at radius 3 is 2.75 bits per heavy atom. The molecular weight excluding hydrogens is 264 g/mol. The molecule has 2 rings (SSSR count). The molecule has 1 saturated carbocycles. The second kappa shape index (κ2) is 5.77. The van der Waals surface area contributed by atoms with Crippen molar-refractivity contribution in [2.45, 2.75) is 12.8 Å². The zero-order chi connectivity index (χ0) is 14.7. The molecule has 20 heavy (non-hydrogen) atoms. The second-order valence-corrected chi connectivity index (χ2v) is 4.83. The van der Waals surface area contributed by atoms with E-state index in [2.05, 4.69) is 0 Å². The molecule has 108 valence electrons. The molecule has 1 aliphatic rings. The van der Waals surface area contributed by atoms with Crippen LogP contribution in [0.2, 0.25) is 0 Å². The molecule has 0 atom stereocenters. The molecule has 1 aliphatic carbocycles. The van der Waals surface area contributed by atoms with Crippen LogP contribution in [0, 0.1) is 16.0 Å². The number of nitrogens with zero attached hydrogens (tertiary/aromatic N) is 2. The van der Waals surface area contributed by atoms with Crippen LogP contribution >= 0.6 is 0 Å². The van der Waals surface area contributed by atoms with Crippen molar-refractivity contribution in [3.8, 4) is 5.75 Å². The summed E-state index contributed by atoms with van der Waals surface area (Å²) >= 11 is 0. The van der Waals surface area contributed by atoms with Crippen LogP contribution < -0.4 is 9.64 Å². The molecule has 1 aromatic rings. The average molecular weight is 280 g/mol. The molecule has 0 radical (unpaired) electrons. The van der Waals surface area contributed by atoms with Gasteiger partial charge in [-0.1, -0.05) is 0 Å². The Bertz CT molecular complexity index is 527. The molecule has 0 amide bonds. The third-order valence-corrected chi connectivity index (χ3v) is 3.23. The minimum atomic E-state index is -0.928. The number of anilines is 1. The van der Waals surface area contributed by atoms with Crippen LogP contribution in [-0.4, -0.2) is 36.2 Å². The Morgan fingerprint density at radius 1 is 1.55 bits per heavy atom. The first-order chi connectivity index (χ1) is 9.51. The normalized spacial score (nSPS) is 13.8. The van der Waals surface area contributed by atoms with Crippen molar-refractivity contribution in [2.24, 2.45) is 5.92 Å². The number of rotatable bonds is 7. The van der Waals surface area contributed by atoms with Crippen LogP contribution in [0.25, 0.3) is 0 Å². The van der Waals surface area contributed by atoms with E-state index < -0.39 is 10.9 Å². The van der Waals surface area contributed by atoms with Crippen molar-refractivity contribution in [3.05, 3.63) is 28.3 Å². The van der Waals surface area contributed by atoms with Gasteiger partial charge in [0.1, 0.15) is 6.54 Å². The summed E-state index contributed by atoms with van der Waals surface area (Å²) in [5.74, 6) is -0.280. The summed E-state index contributed by atoms with van der Waals surface area (Å²) in [5, 5.41) is 19.8. The molecule has 0 bridgehead atoms. The van der Waals surface area contributed by atoms with Crippen LogP contribution in [0.5, 0.6) is 5.75 Å². The van der Waals surface area contributed by atoms with Crippen LogP contribution in [0.4, 0.5) is 11.4 Å². The van der Waals surface area contributed by atoms with Crippen LogP contribution in [-0.2, 0) is 4.79 Å². The Labute approximate surface area is 115 Å².